The molecule has 0 spiro atoms. The number of anilines is 1. The van der Waals surface area contributed by atoms with Crippen LogP contribution in [0.2, 0.25) is 5.02 Å². The lowest BCUT2D eigenvalue weighted by Crippen LogP contribution is -1.97. The molecule has 1 heterocycles. The van der Waals surface area contributed by atoms with Gasteiger partial charge in [0, 0.05) is 5.02 Å². The summed E-state index contributed by atoms with van der Waals surface area (Å²) in [6.07, 6.45) is 1.64. The lowest BCUT2D eigenvalue weighted by atomic mass is 10.3. The Morgan fingerprint density at radius 3 is 3.00 bits per heavy atom. The average Bonchev–Trinajstić information content (AvgIpc) is 2.61. The van der Waals surface area contributed by atoms with E-state index in [1.807, 2.05) is 12.1 Å². The Bertz CT molecular complexity index is 455. The van der Waals surface area contributed by atoms with Crippen LogP contribution in [0.25, 0.3) is 0 Å². The number of nitrogen functional groups attached to an aromatic ring is 1. The standard InChI is InChI=1S/C10H10ClN3O/c11-8-2-1-3-9(4-8)15-6-7-5-13-14-10(7)12/h1-5H,6H2,(H3,12,13,14). The SMILES string of the molecule is Nc1[nH]ncc1COc1cccc(Cl)c1. The predicted octanol–water partition coefficient (Wildman–Crippen LogP) is 2.22. The molecule has 1 aromatic heterocycles. The monoisotopic (exact) mass is 223 g/mol. The minimum atomic E-state index is 0.378. The molecule has 0 amide bonds. The highest BCUT2D eigenvalue weighted by atomic mass is 35.5. The van der Waals surface area contributed by atoms with E-state index in [1.54, 1.807) is 18.3 Å². The smallest absolute Gasteiger partial charge is 0.125 e. The number of ether oxygens (including phenoxy) is 1. The summed E-state index contributed by atoms with van der Waals surface area (Å²) < 4.78 is 5.49. The number of rotatable bonds is 3. The van der Waals surface area contributed by atoms with Gasteiger partial charge in [0.25, 0.3) is 0 Å². The van der Waals surface area contributed by atoms with E-state index in [2.05, 4.69) is 10.2 Å². The molecule has 0 saturated carbocycles. The molecule has 3 N–H and O–H groups in total. The molecule has 0 atom stereocenters. The number of benzene rings is 1. The molecule has 0 radical (unpaired) electrons. The van der Waals surface area contributed by atoms with Crippen LogP contribution in [-0.2, 0) is 6.61 Å². The van der Waals surface area contributed by atoms with Crippen molar-refractivity contribution in [2.24, 2.45) is 0 Å². The highest BCUT2D eigenvalue weighted by Crippen LogP contribution is 2.19. The van der Waals surface area contributed by atoms with Gasteiger partial charge in [-0.1, -0.05) is 17.7 Å². The van der Waals surface area contributed by atoms with Gasteiger partial charge in [0.05, 0.1) is 11.8 Å². The van der Waals surface area contributed by atoms with Crippen LogP contribution < -0.4 is 10.5 Å². The second-order valence-corrected chi connectivity index (χ2v) is 3.49. The fourth-order valence-electron chi connectivity index (χ4n) is 1.15. The maximum Gasteiger partial charge on any atom is 0.125 e. The van der Waals surface area contributed by atoms with Crippen molar-refractivity contribution in [2.45, 2.75) is 6.61 Å². The molecule has 5 heteroatoms. The summed E-state index contributed by atoms with van der Waals surface area (Å²) in [6, 6.07) is 7.21. The molecule has 2 aromatic rings. The first-order valence-corrected chi connectivity index (χ1v) is 4.79. The van der Waals surface area contributed by atoms with E-state index in [4.69, 9.17) is 22.1 Å². The molecule has 1 aromatic carbocycles. The molecule has 15 heavy (non-hydrogen) atoms. The third kappa shape index (κ3) is 2.41. The predicted molar refractivity (Wildman–Crippen MR) is 58.8 cm³/mol. The Kier molecular flexibility index (Phi) is 2.78. The van der Waals surface area contributed by atoms with Crippen LogP contribution in [0.4, 0.5) is 5.82 Å². The van der Waals surface area contributed by atoms with Crippen LogP contribution in [0.5, 0.6) is 5.75 Å². The fraction of sp³-hybridized carbons (Fsp3) is 0.100. The van der Waals surface area contributed by atoms with Crippen molar-refractivity contribution < 1.29 is 4.74 Å². The van der Waals surface area contributed by atoms with E-state index in [0.717, 1.165) is 5.56 Å². The summed E-state index contributed by atoms with van der Waals surface area (Å²) in [6.45, 7) is 0.378. The van der Waals surface area contributed by atoms with Crippen molar-refractivity contribution >= 4 is 17.4 Å². The minimum absolute atomic E-state index is 0.378. The first kappa shape index (κ1) is 9.86. The number of halogens is 1. The quantitative estimate of drug-likeness (QED) is 0.839. The third-order valence-corrected chi connectivity index (χ3v) is 2.18. The number of nitrogens with zero attached hydrogens (tertiary/aromatic N) is 1. The maximum absolute atomic E-state index is 5.81. The molecular formula is C10H10ClN3O. The zero-order valence-electron chi connectivity index (χ0n) is 7.90. The highest BCUT2D eigenvalue weighted by molar-refractivity contribution is 6.30. The summed E-state index contributed by atoms with van der Waals surface area (Å²) in [7, 11) is 0. The number of hydrogen-bond donors (Lipinski definition) is 2. The molecule has 0 aliphatic rings. The van der Waals surface area contributed by atoms with Gasteiger partial charge in [-0.3, -0.25) is 5.10 Å². The van der Waals surface area contributed by atoms with Gasteiger partial charge >= 0.3 is 0 Å². The first-order valence-electron chi connectivity index (χ1n) is 4.42. The number of nitrogens with two attached hydrogens (primary N) is 1. The molecule has 0 saturated heterocycles. The molecular weight excluding hydrogens is 214 g/mol. The van der Waals surface area contributed by atoms with Gasteiger partial charge in [-0.05, 0) is 18.2 Å². The van der Waals surface area contributed by atoms with E-state index in [0.29, 0.717) is 23.2 Å². The number of hydrogen-bond acceptors (Lipinski definition) is 3. The summed E-state index contributed by atoms with van der Waals surface area (Å²) in [4.78, 5) is 0. The summed E-state index contributed by atoms with van der Waals surface area (Å²) in [5.74, 6) is 1.24. The molecule has 0 unspecified atom stereocenters. The lowest BCUT2D eigenvalue weighted by Gasteiger charge is -2.04. The van der Waals surface area contributed by atoms with Gasteiger partial charge < -0.3 is 10.5 Å². The molecule has 0 aliphatic heterocycles. The van der Waals surface area contributed by atoms with Crippen LogP contribution in [0, 0.1) is 0 Å². The van der Waals surface area contributed by atoms with E-state index in [-0.39, 0.29) is 0 Å². The Hall–Kier alpha value is -1.68. The van der Waals surface area contributed by atoms with E-state index < -0.39 is 0 Å². The van der Waals surface area contributed by atoms with Crippen LogP contribution in [-0.4, -0.2) is 10.2 Å². The highest BCUT2D eigenvalue weighted by Gasteiger charge is 2.02. The van der Waals surface area contributed by atoms with Crippen molar-refractivity contribution in [2.75, 3.05) is 5.73 Å². The Balaban J connectivity index is 2.02. The average molecular weight is 224 g/mol. The molecule has 78 valence electrons. The number of H-pyrrole nitrogens is 1. The largest absolute Gasteiger partial charge is 0.489 e. The summed E-state index contributed by atoms with van der Waals surface area (Å²) >= 11 is 5.81. The van der Waals surface area contributed by atoms with Gasteiger partial charge in [0.2, 0.25) is 0 Å². The van der Waals surface area contributed by atoms with Gasteiger partial charge in [-0.25, -0.2) is 0 Å². The number of aromatic nitrogens is 2. The summed E-state index contributed by atoms with van der Waals surface area (Å²) in [5, 5.41) is 7.08. The normalized spacial score (nSPS) is 10.2. The van der Waals surface area contributed by atoms with Crippen molar-refractivity contribution in [3.8, 4) is 5.75 Å². The van der Waals surface area contributed by atoms with E-state index in [1.165, 1.54) is 0 Å². The van der Waals surface area contributed by atoms with E-state index in [9.17, 15) is 0 Å². The van der Waals surface area contributed by atoms with Crippen molar-refractivity contribution in [3.05, 3.63) is 41.0 Å². The minimum Gasteiger partial charge on any atom is -0.489 e. The zero-order valence-corrected chi connectivity index (χ0v) is 8.66. The third-order valence-electron chi connectivity index (χ3n) is 1.94. The number of aromatic amines is 1. The van der Waals surface area contributed by atoms with Crippen LogP contribution in [0.15, 0.2) is 30.5 Å². The van der Waals surface area contributed by atoms with Gasteiger partial charge in [-0.15, -0.1) is 0 Å². The first-order chi connectivity index (χ1) is 7.25. The Morgan fingerprint density at radius 2 is 2.33 bits per heavy atom. The van der Waals surface area contributed by atoms with E-state index >= 15 is 0 Å². The lowest BCUT2D eigenvalue weighted by molar-refractivity contribution is 0.307. The number of nitrogens with one attached hydrogen (secondary N) is 1. The second-order valence-electron chi connectivity index (χ2n) is 3.05. The fourth-order valence-corrected chi connectivity index (χ4v) is 1.33. The topological polar surface area (TPSA) is 63.9 Å². The Morgan fingerprint density at radius 1 is 1.47 bits per heavy atom. The molecule has 0 bridgehead atoms. The molecule has 0 fully saturated rings. The van der Waals surface area contributed by atoms with Crippen LogP contribution >= 0.6 is 11.6 Å². The van der Waals surface area contributed by atoms with Crippen molar-refractivity contribution in [1.29, 1.82) is 0 Å². The van der Waals surface area contributed by atoms with Crippen molar-refractivity contribution in [1.82, 2.24) is 10.2 Å². The van der Waals surface area contributed by atoms with Gasteiger partial charge in [0.15, 0.2) is 0 Å². The van der Waals surface area contributed by atoms with Crippen LogP contribution in [0.3, 0.4) is 0 Å². The second kappa shape index (κ2) is 4.23. The molecule has 0 aliphatic carbocycles. The Labute approximate surface area is 92.0 Å². The van der Waals surface area contributed by atoms with Gasteiger partial charge in [-0.2, -0.15) is 5.10 Å². The van der Waals surface area contributed by atoms with Crippen LogP contribution in [0.1, 0.15) is 5.56 Å². The van der Waals surface area contributed by atoms with Gasteiger partial charge in [0.1, 0.15) is 18.2 Å². The zero-order chi connectivity index (χ0) is 10.7. The maximum atomic E-state index is 5.81. The molecule has 2 rings (SSSR count). The summed E-state index contributed by atoms with van der Waals surface area (Å²) in [5.41, 5.74) is 6.44. The van der Waals surface area contributed by atoms with Crippen molar-refractivity contribution in [3.63, 3.8) is 0 Å². The molecule has 4 nitrogen and oxygen atoms in total.